The SMILES string of the molecule is COC1CCN(CCC(=O)Nc2ccc(Oc3ccccc3)cc2)CC1. The van der Waals surface area contributed by atoms with Crippen LogP contribution in [0.15, 0.2) is 54.6 Å². The number of carbonyl (C=O) groups excluding carboxylic acids is 1. The molecule has 1 aliphatic heterocycles. The van der Waals surface area contributed by atoms with E-state index < -0.39 is 0 Å². The molecule has 1 heterocycles. The molecule has 138 valence electrons. The fourth-order valence-corrected chi connectivity index (χ4v) is 3.08. The van der Waals surface area contributed by atoms with Crippen molar-refractivity contribution in [3.05, 3.63) is 54.6 Å². The van der Waals surface area contributed by atoms with E-state index >= 15 is 0 Å². The molecule has 5 heteroatoms. The summed E-state index contributed by atoms with van der Waals surface area (Å²) in [4.78, 5) is 14.5. The zero-order valence-corrected chi connectivity index (χ0v) is 15.2. The van der Waals surface area contributed by atoms with Gasteiger partial charge in [0.1, 0.15) is 11.5 Å². The number of anilines is 1. The van der Waals surface area contributed by atoms with E-state index in [2.05, 4.69) is 10.2 Å². The maximum Gasteiger partial charge on any atom is 0.225 e. The Balaban J connectivity index is 1.41. The standard InChI is InChI=1S/C21H26N2O3/c1-25-18-11-14-23(15-12-18)16-13-21(24)22-17-7-9-20(10-8-17)26-19-5-3-2-4-6-19/h2-10,18H,11-16H2,1H3,(H,22,24). The van der Waals surface area contributed by atoms with Gasteiger partial charge in [-0.05, 0) is 49.2 Å². The van der Waals surface area contributed by atoms with Crippen LogP contribution in [-0.4, -0.2) is 43.7 Å². The van der Waals surface area contributed by atoms with E-state index in [1.54, 1.807) is 7.11 Å². The molecule has 0 bridgehead atoms. The highest BCUT2D eigenvalue weighted by molar-refractivity contribution is 5.90. The number of rotatable bonds is 7. The van der Waals surface area contributed by atoms with Crippen molar-refractivity contribution in [2.45, 2.75) is 25.4 Å². The van der Waals surface area contributed by atoms with Gasteiger partial charge in [-0.1, -0.05) is 18.2 Å². The lowest BCUT2D eigenvalue weighted by molar-refractivity contribution is -0.116. The fourth-order valence-electron chi connectivity index (χ4n) is 3.08. The number of hydrogen-bond donors (Lipinski definition) is 1. The monoisotopic (exact) mass is 354 g/mol. The molecular formula is C21H26N2O3. The molecule has 0 aromatic heterocycles. The molecular weight excluding hydrogens is 328 g/mol. The molecule has 0 spiro atoms. The quantitative estimate of drug-likeness (QED) is 0.819. The molecule has 0 aliphatic carbocycles. The van der Waals surface area contributed by atoms with Crippen LogP contribution in [0.1, 0.15) is 19.3 Å². The third-order valence-electron chi connectivity index (χ3n) is 4.64. The highest BCUT2D eigenvalue weighted by Crippen LogP contribution is 2.22. The van der Waals surface area contributed by atoms with Crippen LogP contribution < -0.4 is 10.1 Å². The number of methoxy groups -OCH3 is 1. The lowest BCUT2D eigenvalue weighted by Crippen LogP contribution is -2.38. The van der Waals surface area contributed by atoms with Crippen LogP contribution in [0.5, 0.6) is 11.5 Å². The average Bonchev–Trinajstić information content (AvgIpc) is 2.69. The first kappa shape index (κ1) is 18.4. The van der Waals surface area contributed by atoms with Gasteiger partial charge in [-0.2, -0.15) is 0 Å². The molecule has 1 amide bonds. The zero-order chi connectivity index (χ0) is 18.2. The number of ether oxygens (including phenoxy) is 2. The number of piperidine rings is 1. The second-order valence-electron chi connectivity index (χ2n) is 6.51. The molecule has 1 N–H and O–H groups in total. The van der Waals surface area contributed by atoms with Crippen LogP contribution in [0.3, 0.4) is 0 Å². The number of likely N-dealkylation sites (tertiary alicyclic amines) is 1. The van der Waals surface area contributed by atoms with Gasteiger partial charge in [0.05, 0.1) is 6.10 Å². The highest BCUT2D eigenvalue weighted by Gasteiger charge is 2.18. The first-order chi connectivity index (χ1) is 12.7. The van der Waals surface area contributed by atoms with E-state index in [-0.39, 0.29) is 5.91 Å². The molecule has 1 saturated heterocycles. The number of para-hydroxylation sites is 1. The molecule has 26 heavy (non-hydrogen) atoms. The number of nitrogens with one attached hydrogen (secondary N) is 1. The fraction of sp³-hybridized carbons (Fsp3) is 0.381. The summed E-state index contributed by atoms with van der Waals surface area (Å²) in [5.74, 6) is 1.58. The van der Waals surface area contributed by atoms with Crippen LogP contribution >= 0.6 is 0 Å². The highest BCUT2D eigenvalue weighted by atomic mass is 16.5. The number of carbonyl (C=O) groups is 1. The minimum Gasteiger partial charge on any atom is -0.457 e. The van der Waals surface area contributed by atoms with Crippen molar-refractivity contribution < 1.29 is 14.3 Å². The van der Waals surface area contributed by atoms with Crippen molar-refractivity contribution in [3.8, 4) is 11.5 Å². The summed E-state index contributed by atoms with van der Waals surface area (Å²) in [5, 5.41) is 2.95. The Bertz CT molecular complexity index is 680. The van der Waals surface area contributed by atoms with E-state index in [0.717, 1.165) is 49.7 Å². The van der Waals surface area contributed by atoms with Gasteiger partial charge in [-0.25, -0.2) is 0 Å². The Hall–Kier alpha value is -2.37. The molecule has 1 aliphatic rings. The van der Waals surface area contributed by atoms with Crippen LogP contribution in [0, 0.1) is 0 Å². The van der Waals surface area contributed by atoms with Gasteiger partial charge < -0.3 is 19.7 Å². The lowest BCUT2D eigenvalue weighted by Gasteiger charge is -2.30. The van der Waals surface area contributed by atoms with Gasteiger partial charge in [-0.15, -0.1) is 0 Å². The van der Waals surface area contributed by atoms with Crippen LogP contribution in [0.25, 0.3) is 0 Å². The first-order valence-electron chi connectivity index (χ1n) is 9.11. The largest absolute Gasteiger partial charge is 0.457 e. The predicted octanol–water partition coefficient (Wildman–Crippen LogP) is 3.92. The number of amides is 1. The molecule has 2 aromatic carbocycles. The predicted molar refractivity (Wildman–Crippen MR) is 103 cm³/mol. The smallest absolute Gasteiger partial charge is 0.225 e. The Morgan fingerprint density at radius 3 is 2.35 bits per heavy atom. The third kappa shape index (κ3) is 5.58. The van der Waals surface area contributed by atoms with Crippen LogP contribution in [0.4, 0.5) is 5.69 Å². The maximum atomic E-state index is 12.2. The number of nitrogens with zero attached hydrogens (tertiary/aromatic N) is 1. The maximum absolute atomic E-state index is 12.2. The van der Waals surface area contributed by atoms with Crippen molar-refractivity contribution >= 4 is 11.6 Å². The molecule has 0 atom stereocenters. The molecule has 5 nitrogen and oxygen atoms in total. The van der Waals surface area contributed by atoms with Gasteiger partial charge in [0.2, 0.25) is 5.91 Å². The van der Waals surface area contributed by atoms with Crippen molar-refractivity contribution in [3.63, 3.8) is 0 Å². The van der Waals surface area contributed by atoms with E-state index in [4.69, 9.17) is 9.47 Å². The summed E-state index contributed by atoms with van der Waals surface area (Å²) in [6, 6.07) is 17.1. The third-order valence-corrected chi connectivity index (χ3v) is 4.64. The van der Waals surface area contributed by atoms with Crippen molar-refractivity contribution in [2.24, 2.45) is 0 Å². The summed E-state index contributed by atoms with van der Waals surface area (Å²) in [6.45, 7) is 2.78. The summed E-state index contributed by atoms with van der Waals surface area (Å²) < 4.78 is 11.1. The van der Waals surface area contributed by atoms with Crippen molar-refractivity contribution in [1.82, 2.24) is 4.90 Å². The normalized spacial score (nSPS) is 15.6. The van der Waals surface area contributed by atoms with E-state index in [1.807, 2.05) is 54.6 Å². The molecule has 0 unspecified atom stereocenters. The minimum absolute atomic E-state index is 0.0376. The van der Waals surface area contributed by atoms with Crippen molar-refractivity contribution in [2.75, 3.05) is 32.1 Å². The van der Waals surface area contributed by atoms with E-state index in [0.29, 0.717) is 12.5 Å². The first-order valence-corrected chi connectivity index (χ1v) is 9.11. The van der Waals surface area contributed by atoms with Gasteiger partial charge in [0, 0.05) is 38.9 Å². The van der Waals surface area contributed by atoms with Crippen molar-refractivity contribution in [1.29, 1.82) is 0 Å². The Morgan fingerprint density at radius 2 is 1.69 bits per heavy atom. The van der Waals surface area contributed by atoms with E-state index in [9.17, 15) is 4.79 Å². The molecule has 0 radical (unpaired) electrons. The topological polar surface area (TPSA) is 50.8 Å². The number of benzene rings is 2. The second-order valence-corrected chi connectivity index (χ2v) is 6.51. The molecule has 3 rings (SSSR count). The molecule has 1 fully saturated rings. The summed E-state index contributed by atoms with van der Waals surface area (Å²) in [7, 11) is 1.77. The van der Waals surface area contributed by atoms with Crippen LogP contribution in [-0.2, 0) is 9.53 Å². The van der Waals surface area contributed by atoms with Gasteiger partial charge in [-0.3, -0.25) is 4.79 Å². The molecule has 0 saturated carbocycles. The van der Waals surface area contributed by atoms with Gasteiger partial charge in [0.25, 0.3) is 0 Å². The van der Waals surface area contributed by atoms with Gasteiger partial charge in [0.15, 0.2) is 0 Å². The summed E-state index contributed by atoms with van der Waals surface area (Å²) in [5.41, 5.74) is 0.786. The average molecular weight is 354 g/mol. The Labute approximate surface area is 154 Å². The minimum atomic E-state index is 0.0376. The number of hydrogen-bond acceptors (Lipinski definition) is 4. The van der Waals surface area contributed by atoms with E-state index in [1.165, 1.54) is 0 Å². The molecule has 2 aromatic rings. The Kier molecular flexibility index (Phi) is 6.63. The summed E-state index contributed by atoms with van der Waals surface area (Å²) in [6.07, 6.45) is 2.96. The summed E-state index contributed by atoms with van der Waals surface area (Å²) >= 11 is 0. The lowest BCUT2D eigenvalue weighted by atomic mass is 10.1. The Morgan fingerprint density at radius 1 is 1.04 bits per heavy atom. The zero-order valence-electron chi connectivity index (χ0n) is 15.2. The van der Waals surface area contributed by atoms with Crippen LogP contribution in [0.2, 0.25) is 0 Å². The second kappa shape index (κ2) is 9.36. The van der Waals surface area contributed by atoms with Gasteiger partial charge >= 0.3 is 0 Å².